The average molecular weight is 389 g/mol. The molecule has 0 radical (unpaired) electrons. The zero-order valence-corrected chi connectivity index (χ0v) is 15.3. The first-order valence-electron chi connectivity index (χ1n) is 9.36. The molecule has 0 unspecified atom stereocenters. The van der Waals surface area contributed by atoms with Gasteiger partial charge in [-0.15, -0.1) is 0 Å². The Morgan fingerprint density at radius 1 is 1.21 bits per heavy atom. The summed E-state index contributed by atoms with van der Waals surface area (Å²) in [6.07, 6.45) is 9.48. The predicted molar refractivity (Wildman–Crippen MR) is 104 cm³/mol. The SMILES string of the molecule is Fc1cccc2c1OCC[C@H]2N1CNc2cnc(-c3cnn4ccncc34)nc21. The van der Waals surface area contributed by atoms with E-state index in [2.05, 4.69) is 25.3 Å². The number of anilines is 2. The third kappa shape index (κ3) is 2.43. The molecule has 8 nitrogen and oxygen atoms in total. The van der Waals surface area contributed by atoms with Crippen LogP contribution in [0.1, 0.15) is 18.0 Å². The highest BCUT2D eigenvalue weighted by atomic mass is 19.1. The Labute approximate surface area is 165 Å². The lowest BCUT2D eigenvalue weighted by atomic mass is 9.99. The van der Waals surface area contributed by atoms with Gasteiger partial charge < -0.3 is 15.0 Å². The monoisotopic (exact) mass is 389 g/mol. The molecule has 0 bridgehead atoms. The van der Waals surface area contributed by atoms with Gasteiger partial charge in [-0.25, -0.2) is 18.9 Å². The Morgan fingerprint density at radius 2 is 2.17 bits per heavy atom. The van der Waals surface area contributed by atoms with Gasteiger partial charge in [0.05, 0.1) is 54.7 Å². The molecule has 0 saturated carbocycles. The molecular weight excluding hydrogens is 373 g/mol. The summed E-state index contributed by atoms with van der Waals surface area (Å²) in [5.41, 5.74) is 3.34. The summed E-state index contributed by atoms with van der Waals surface area (Å²) in [4.78, 5) is 15.7. The summed E-state index contributed by atoms with van der Waals surface area (Å²) >= 11 is 0. The normalized spacial score (nSPS) is 17.6. The Bertz CT molecular complexity index is 1240. The van der Waals surface area contributed by atoms with E-state index in [-0.39, 0.29) is 11.9 Å². The average Bonchev–Trinajstić information content (AvgIpc) is 3.37. The summed E-state index contributed by atoms with van der Waals surface area (Å²) in [5.74, 6) is 1.37. The van der Waals surface area contributed by atoms with Crippen LogP contribution < -0.4 is 15.0 Å². The molecule has 29 heavy (non-hydrogen) atoms. The van der Waals surface area contributed by atoms with Crippen molar-refractivity contribution in [2.45, 2.75) is 12.5 Å². The van der Waals surface area contributed by atoms with Gasteiger partial charge in [-0.2, -0.15) is 5.10 Å². The summed E-state index contributed by atoms with van der Waals surface area (Å²) in [6.45, 7) is 1.03. The predicted octanol–water partition coefficient (Wildman–Crippen LogP) is 3.04. The molecule has 6 rings (SSSR count). The van der Waals surface area contributed by atoms with E-state index in [1.54, 1.807) is 41.6 Å². The number of ether oxygens (including phenoxy) is 1. The number of hydrogen-bond acceptors (Lipinski definition) is 7. The lowest BCUT2D eigenvalue weighted by Crippen LogP contribution is -2.33. The fraction of sp³-hybridized carbons (Fsp3) is 0.200. The minimum atomic E-state index is -0.332. The third-order valence-electron chi connectivity index (χ3n) is 5.42. The number of hydrogen-bond donors (Lipinski definition) is 1. The van der Waals surface area contributed by atoms with Crippen molar-refractivity contribution in [3.05, 3.63) is 60.6 Å². The third-order valence-corrected chi connectivity index (χ3v) is 5.42. The first kappa shape index (κ1) is 16.2. The van der Waals surface area contributed by atoms with Gasteiger partial charge in [-0.1, -0.05) is 12.1 Å². The second kappa shape index (κ2) is 6.13. The Morgan fingerprint density at radius 3 is 3.14 bits per heavy atom. The quantitative estimate of drug-likeness (QED) is 0.564. The maximum Gasteiger partial charge on any atom is 0.165 e. The zero-order chi connectivity index (χ0) is 19.4. The lowest BCUT2D eigenvalue weighted by Gasteiger charge is -2.33. The topological polar surface area (TPSA) is 80.5 Å². The number of aromatic nitrogens is 5. The summed E-state index contributed by atoms with van der Waals surface area (Å²) < 4.78 is 21.6. The van der Waals surface area contributed by atoms with Crippen molar-refractivity contribution in [1.29, 1.82) is 0 Å². The fourth-order valence-electron chi connectivity index (χ4n) is 4.05. The second-order valence-electron chi connectivity index (χ2n) is 7.01. The van der Waals surface area contributed by atoms with E-state index in [0.29, 0.717) is 24.8 Å². The molecule has 1 aromatic carbocycles. The van der Waals surface area contributed by atoms with Gasteiger partial charge in [0, 0.05) is 24.4 Å². The number of nitrogens with one attached hydrogen (secondary N) is 1. The van der Waals surface area contributed by atoms with E-state index in [1.165, 1.54) is 6.07 Å². The van der Waals surface area contributed by atoms with Gasteiger partial charge in [0.25, 0.3) is 0 Å². The highest BCUT2D eigenvalue weighted by molar-refractivity contribution is 5.79. The van der Waals surface area contributed by atoms with Crippen molar-refractivity contribution < 1.29 is 9.13 Å². The highest BCUT2D eigenvalue weighted by Gasteiger charge is 2.34. The molecule has 0 aliphatic carbocycles. The van der Waals surface area contributed by atoms with Gasteiger partial charge in [0.1, 0.15) is 0 Å². The minimum absolute atomic E-state index is 0.0310. The number of nitrogens with zero attached hydrogens (tertiary/aromatic N) is 6. The van der Waals surface area contributed by atoms with Crippen LogP contribution in [0.15, 0.2) is 49.2 Å². The maximum absolute atomic E-state index is 14.2. The van der Waals surface area contributed by atoms with Crippen LogP contribution in [0.2, 0.25) is 0 Å². The number of rotatable bonds is 2. The Hall–Kier alpha value is -3.75. The van der Waals surface area contributed by atoms with Crippen LogP contribution in [-0.4, -0.2) is 37.8 Å². The van der Waals surface area contributed by atoms with Gasteiger partial charge in [-0.05, 0) is 6.07 Å². The lowest BCUT2D eigenvalue weighted by molar-refractivity contribution is 0.252. The smallest absolute Gasteiger partial charge is 0.165 e. The van der Waals surface area contributed by atoms with Crippen molar-refractivity contribution in [2.24, 2.45) is 0 Å². The van der Waals surface area contributed by atoms with E-state index in [0.717, 1.165) is 34.6 Å². The van der Waals surface area contributed by atoms with Crippen LogP contribution in [0.25, 0.3) is 16.9 Å². The van der Waals surface area contributed by atoms with Crippen LogP contribution in [0.4, 0.5) is 15.9 Å². The van der Waals surface area contributed by atoms with Gasteiger partial charge in [0.15, 0.2) is 23.2 Å². The van der Waals surface area contributed by atoms with Crippen LogP contribution in [0.5, 0.6) is 5.75 Å². The summed E-state index contributed by atoms with van der Waals surface area (Å²) in [5, 5.41) is 7.68. The number of para-hydroxylation sites is 1. The maximum atomic E-state index is 14.2. The van der Waals surface area contributed by atoms with E-state index in [4.69, 9.17) is 9.72 Å². The Balaban J connectivity index is 1.44. The standard InChI is InChI=1S/C20H16FN7O/c21-14-3-1-2-12-16(4-7-29-18(12)14)27-11-24-15-9-23-19(26-20(15)27)13-8-25-28-6-5-22-10-17(13)28/h1-3,5-6,8-10,16,24H,4,7,11H2/t16-/m1/s1. The summed E-state index contributed by atoms with van der Waals surface area (Å²) in [7, 11) is 0. The van der Waals surface area contributed by atoms with Crippen molar-refractivity contribution in [3.63, 3.8) is 0 Å². The zero-order valence-electron chi connectivity index (χ0n) is 15.3. The van der Waals surface area contributed by atoms with E-state index >= 15 is 0 Å². The molecule has 4 aromatic rings. The van der Waals surface area contributed by atoms with Gasteiger partial charge >= 0.3 is 0 Å². The van der Waals surface area contributed by atoms with Crippen molar-refractivity contribution in [2.75, 3.05) is 23.5 Å². The van der Waals surface area contributed by atoms with Crippen LogP contribution in [0, 0.1) is 5.82 Å². The van der Waals surface area contributed by atoms with E-state index in [9.17, 15) is 4.39 Å². The number of halogens is 1. The molecule has 1 N–H and O–H groups in total. The minimum Gasteiger partial charge on any atom is -0.490 e. The molecule has 0 spiro atoms. The molecule has 2 aliphatic heterocycles. The van der Waals surface area contributed by atoms with Crippen molar-refractivity contribution in [1.82, 2.24) is 24.6 Å². The molecular formula is C20H16FN7O. The molecule has 0 amide bonds. The van der Waals surface area contributed by atoms with Gasteiger partial charge in [0.2, 0.25) is 0 Å². The molecule has 3 aromatic heterocycles. The number of benzene rings is 1. The molecule has 144 valence electrons. The van der Waals surface area contributed by atoms with E-state index < -0.39 is 0 Å². The molecule has 0 fully saturated rings. The summed E-state index contributed by atoms with van der Waals surface area (Å²) in [6, 6.07) is 5.03. The molecule has 5 heterocycles. The van der Waals surface area contributed by atoms with Crippen LogP contribution in [-0.2, 0) is 0 Å². The van der Waals surface area contributed by atoms with Crippen LogP contribution in [0.3, 0.4) is 0 Å². The molecule has 9 heteroatoms. The fourth-order valence-corrected chi connectivity index (χ4v) is 4.05. The van der Waals surface area contributed by atoms with Crippen LogP contribution >= 0.6 is 0 Å². The van der Waals surface area contributed by atoms with Gasteiger partial charge in [-0.3, -0.25) is 4.98 Å². The first-order valence-corrected chi connectivity index (χ1v) is 9.36. The van der Waals surface area contributed by atoms with Crippen molar-refractivity contribution in [3.8, 4) is 17.1 Å². The Kier molecular flexibility index (Phi) is 3.43. The molecule has 0 saturated heterocycles. The highest BCUT2D eigenvalue weighted by Crippen LogP contribution is 2.43. The largest absolute Gasteiger partial charge is 0.490 e. The number of fused-ring (bicyclic) bond motifs is 3. The molecule has 2 aliphatic rings. The van der Waals surface area contributed by atoms with E-state index in [1.807, 2.05) is 6.07 Å². The molecule has 1 atom stereocenters. The second-order valence-corrected chi connectivity index (χ2v) is 7.01. The first-order chi connectivity index (χ1) is 14.3. The van der Waals surface area contributed by atoms with Crippen molar-refractivity contribution >= 4 is 17.0 Å².